The molecule has 0 aliphatic rings. The molecule has 0 saturated heterocycles. The van der Waals surface area contributed by atoms with Crippen molar-refractivity contribution in [2.75, 3.05) is 0 Å². The van der Waals surface area contributed by atoms with Crippen LogP contribution in [-0.4, -0.2) is 19.5 Å². The average Bonchev–Trinajstić information content (AvgIpc) is 4.36. The number of hydrogen-bond donors (Lipinski definition) is 0. The molecule has 83 heavy (non-hydrogen) atoms. The number of nitrogens with zero attached hydrogens (tertiary/aromatic N) is 4. The van der Waals surface area contributed by atoms with Crippen LogP contribution in [0.25, 0.3) is 179 Å². The quantitative estimate of drug-likeness (QED) is 0.159. The summed E-state index contributed by atoms with van der Waals surface area (Å²) in [6.45, 7) is 0. The SMILES string of the molecule is c1ccc(-c2nc(-c3ccc4c(c3)oc3cc(-c5cccc6sc7ccccc7c56)ccc34)nc(-c3cccc4sc5cc(-c6ccc7c(c6)oc6ccc(-c8ccc9c%10ccccc%10n(-c%10ccccc%10)c9c8)cc67)ccc5c34)n2)cc1. The fraction of sp³-hybridized carbons (Fsp3) is 0. The highest BCUT2D eigenvalue weighted by Crippen LogP contribution is 2.45. The number of benzene rings is 12. The minimum Gasteiger partial charge on any atom is -0.456 e. The first-order valence-corrected chi connectivity index (χ1v) is 29.4. The third-order valence-corrected chi connectivity index (χ3v) is 18.9. The van der Waals surface area contributed by atoms with E-state index in [-0.39, 0.29) is 0 Å². The van der Waals surface area contributed by atoms with Gasteiger partial charge >= 0.3 is 0 Å². The summed E-state index contributed by atoms with van der Waals surface area (Å²) in [7, 11) is 0. The minimum absolute atomic E-state index is 0.577. The van der Waals surface area contributed by atoms with Crippen molar-refractivity contribution in [3.05, 3.63) is 255 Å². The third-order valence-electron chi connectivity index (χ3n) is 16.7. The fourth-order valence-electron chi connectivity index (χ4n) is 12.8. The summed E-state index contributed by atoms with van der Waals surface area (Å²) in [5.74, 6) is 1.80. The molecule has 0 saturated carbocycles. The van der Waals surface area contributed by atoms with Crippen LogP contribution in [0, 0.1) is 0 Å². The van der Waals surface area contributed by atoms with E-state index in [9.17, 15) is 0 Å². The Morgan fingerprint density at radius 2 is 0.759 bits per heavy atom. The monoisotopic (exact) mass is 1090 g/mol. The molecule has 0 fully saturated rings. The second kappa shape index (κ2) is 18.0. The van der Waals surface area contributed by atoms with E-state index in [0.29, 0.717) is 17.5 Å². The van der Waals surface area contributed by atoms with Crippen LogP contribution in [0.15, 0.2) is 264 Å². The molecular weight excluding hydrogens is 1050 g/mol. The predicted octanol–water partition coefficient (Wildman–Crippen LogP) is 21.5. The van der Waals surface area contributed by atoms with Gasteiger partial charge in [-0.2, -0.15) is 0 Å². The Hall–Kier alpha value is -10.5. The van der Waals surface area contributed by atoms with Crippen LogP contribution in [0.5, 0.6) is 0 Å². The Bertz CT molecular complexity index is 5710. The summed E-state index contributed by atoms with van der Waals surface area (Å²) in [5.41, 5.74) is 16.4. The maximum atomic E-state index is 6.74. The maximum absolute atomic E-state index is 6.74. The molecule has 6 heterocycles. The minimum atomic E-state index is 0.577. The largest absolute Gasteiger partial charge is 0.456 e. The molecule has 12 aromatic carbocycles. The zero-order valence-electron chi connectivity index (χ0n) is 44.2. The number of para-hydroxylation sites is 2. The highest BCUT2D eigenvalue weighted by atomic mass is 32.1. The van der Waals surface area contributed by atoms with Gasteiger partial charge in [0.2, 0.25) is 0 Å². The highest BCUT2D eigenvalue weighted by Gasteiger charge is 2.21. The molecule has 0 aliphatic carbocycles. The van der Waals surface area contributed by atoms with E-state index < -0.39 is 0 Å². The van der Waals surface area contributed by atoms with Crippen molar-refractivity contribution in [3.63, 3.8) is 0 Å². The lowest BCUT2D eigenvalue weighted by molar-refractivity contribution is 0.669. The van der Waals surface area contributed by atoms with Crippen LogP contribution in [-0.2, 0) is 0 Å². The van der Waals surface area contributed by atoms with Crippen LogP contribution in [0.3, 0.4) is 0 Å². The summed E-state index contributed by atoms with van der Waals surface area (Å²) in [6.07, 6.45) is 0. The molecule has 6 nitrogen and oxygen atoms in total. The van der Waals surface area contributed by atoms with Crippen LogP contribution in [0.2, 0.25) is 0 Å². The molecule has 0 atom stereocenters. The van der Waals surface area contributed by atoms with Crippen LogP contribution >= 0.6 is 22.7 Å². The fourth-order valence-corrected chi connectivity index (χ4v) is 15.1. The van der Waals surface area contributed by atoms with E-state index in [4.69, 9.17) is 23.8 Å². The lowest BCUT2D eigenvalue weighted by Crippen LogP contribution is -2.00. The van der Waals surface area contributed by atoms with Crippen molar-refractivity contribution < 1.29 is 8.83 Å². The van der Waals surface area contributed by atoms with Gasteiger partial charge in [0, 0.05) is 95.0 Å². The first kappa shape index (κ1) is 46.3. The van der Waals surface area contributed by atoms with Crippen LogP contribution in [0.4, 0.5) is 0 Å². The average molecular weight is 1100 g/mol. The molecule has 6 aromatic heterocycles. The first-order chi connectivity index (χ1) is 41.1. The van der Waals surface area contributed by atoms with Crippen molar-refractivity contribution in [2.45, 2.75) is 0 Å². The molecule has 8 heteroatoms. The van der Waals surface area contributed by atoms with Gasteiger partial charge in [-0.1, -0.05) is 158 Å². The molecule has 0 spiro atoms. The summed E-state index contributed by atoms with van der Waals surface area (Å²) >= 11 is 3.62. The Labute approximate surface area is 482 Å². The molecule has 386 valence electrons. The van der Waals surface area contributed by atoms with Gasteiger partial charge < -0.3 is 13.4 Å². The standard InChI is InChI=1S/C75H42N4O2S2/c1-3-13-43(14-4-1)73-76-74(49-29-34-55-54-33-28-48(40-65(54)81-66(55)41-49)51-19-11-23-68-71(51)57-18-8-10-22-67(57)82-68)78-75(77-73)59-20-12-24-69-72(59)58-35-27-47(42-70(58)83-69)46-26-32-56-60-37-44(30-36-63(60)80-64(56)39-46)45-25-31-53-52-17-7-9-21-61(52)79(62(53)38-45)50-15-5-2-6-16-50/h1-42H. The van der Waals surface area contributed by atoms with E-state index in [0.717, 1.165) is 110 Å². The van der Waals surface area contributed by atoms with E-state index >= 15 is 0 Å². The summed E-state index contributed by atoms with van der Waals surface area (Å²) in [6, 6.07) is 90.9. The lowest BCUT2D eigenvalue weighted by Gasteiger charge is -2.10. The molecule has 0 unspecified atom stereocenters. The van der Waals surface area contributed by atoms with Crippen molar-refractivity contribution >= 4 is 129 Å². The van der Waals surface area contributed by atoms with Crippen molar-refractivity contribution in [2.24, 2.45) is 0 Å². The maximum Gasteiger partial charge on any atom is 0.164 e. The number of hydrogen-bond acceptors (Lipinski definition) is 7. The van der Waals surface area contributed by atoms with Crippen molar-refractivity contribution in [1.29, 1.82) is 0 Å². The second-order valence-corrected chi connectivity index (χ2v) is 23.6. The number of furan rings is 2. The molecule has 0 radical (unpaired) electrons. The lowest BCUT2D eigenvalue weighted by atomic mass is 9.98. The van der Waals surface area contributed by atoms with Crippen molar-refractivity contribution in [3.8, 4) is 73.2 Å². The van der Waals surface area contributed by atoms with Gasteiger partial charge in [0.1, 0.15) is 22.3 Å². The first-order valence-electron chi connectivity index (χ1n) is 27.8. The van der Waals surface area contributed by atoms with Gasteiger partial charge in [-0.25, -0.2) is 15.0 Å². The smallest absolute Gasteiger partial charge is 0.164 e. The van der Waals surface area contributed by atoms with E-state index in [1.54, 1.807) is 11.3 Å². The number of aromatic nitrogens is 4. The summed E-state index contributed by atoms with van der Waals surface area (Å²) in [4.78, 5) is 15.7. The van der Waals surface area contributed by atoms with E-state index in [1.165, 1.54) is 52.2 Å². The van der Waals surface area contributed by atoms with Gasteiger partial charge in [0.05, 0.1) is 11.0 Å². The second-order valence-electron chi connectivity index (χ2n) is 21.4. The molecule has 0 amide bonds. The van der Waals surface area contributed by atoms with Gasteiger partial charge in [-0.05, 0) is 130 Å². The normalized spacial score (nSPS) is 12.1. The van der Waals surface area contributed by atoms with Crippen LogP contribution < -0.4 is 0 Å². The Morgan fingerprint density at radius 1 is 0.265 bits per heavy atom. The zero-order chi connectivity index (χ0) is 54.3. The third kappa shape index (κ3) is 7.30. The zero-order valence-corrected chi connectivity index (χ0v) is 45.8. The molecule has 0 bridgehead atoms. The number of fused-ring (bicyclic) bond motifs is 15. The van der Waals surface area contributed by atoms with Crippen LogP contribution in [0.1, 0.15) is 0 Å². The predicted molar refractivity (Wildman–Crippen MR) is 347 cm³/mol. The van der Waals surface area contributed by atoms with Gasteiger partial charge in [-0.15, -0.1) is 22.7 Å². The highest BCUT2D eigenvalue weighted by molar-refractivity contribution is 7.26. The van der Waals surface area contributed by atoms with E-state index in [1.807, 2.05) is 29.5 Å². The van der Waals surface area contributed by atoms with Gasteiger partial charge in [0.25, 0.3) is 0 Å². The summed E-state index contributed by atoms with van der Waals surface area (Å²) < 4.78 is 20.6. The van der Waals surface area contributed by atoms with Crippen molar-refractivity contribution in [1.82, 2.24) is 19.5 Å². The topological polar surface area (TPSA) is 69.9 Å². The molecule has 18 rings (SSSR count). The van der Waals surface area contributed by atoms with Gasteiger partial charge in [-0.3, -0.25) is 0 Å². The summed E-state index contributed by atoms with van der Waals surface area (Å²) in [5, 5.41) is 11.6. The molecule has 0 aliphatic heterocycles. The Kier molecular flexibility index (Phi) is 10.0. The molecule has 18 aromatic rings. The molecular formula is C75H42N4O2S2. The number of rotatable bonds is 7. The van der Waals surface area contributed by atoms with Gasteiger partial charge in [0.15, 0.2) is 17.5 Å². The Morgan fingerprint density at radius 3 is 1.55 bits per heavy atom. The number of thiophene rings is 2. The molecule has 0 N–H and O–H groups in total. The Balaban J connectivity index is 0.697. The van der Waals surface area contributed by atoms with E-state index in [2.05, 4.69) is 241 Å².